The third-order valence-electron chi connectivity index (χ3n) is 3.38. The van der Waals surface area contributed by atoms with Crippen LogP contribution in [0, 0.1) is 0 Å². The Morgan fingerprint density at radius 3 is 2.26 bits per heavy atom. The van der Waals surface area contributed by atoms with Gasteiger partial charge in [0.15, 0.2) is 0 Å². The molecule has 120 valence electrons. The summed E-state index contributed by atoms with van der Waals surface area (Å²) in [7, 11) is 0. The lowest BCUT2D eigenvalue weighted by atomic mass is 10.2. The van der Waals surface area contributed by atoms with E-state index in [1.807, 2.05) is 30.3 Å². The van der Waals surface area contributed by atoms with E-state index in [0.717, 1.165) is 18.8 Å². The number of hydrogen-bond donors (Lipinski definition) is 1. The van der Waals surface area contributed by atoms with Crippen LogP contribution in [0.1, 0.15) is 16.0 Å². The Balaban J connectivity index is 0.00000192. The average Bonchev–Trinajstić information content (AvgIpc) is 3.08. The minimum atomic E-state index is 0. The maximum Gasteiger partial charge on any atom is 0.119 e. The molecule has 0 saturated carbocycles. The normalized spacial score (nSPS) is 10.1. The number of rotatable bonds is 7. The highest BCUT2D eigenvalue weighted by atomic mass is 35.5. The first-order valence-electron chi connectivity index (χ1n) is 7.39. The van der Waals surface area contributed by atoms with E-state index in [1.54, 1.807) is 11.3 Å². The fraction of sp³-hybridized carbons (Fsp3) is 0.158. The van der Waals surface area contributed by atoms with Crippen molar-refractivity contribution in [2.24, 2.45) is 0 Å². The van der Waals surface area contributed by atoms with E-state index < -0.39 is 0 Å². The highest BCUT2D eigenvalue weighted by molar-refractivity contribution is 7.09. The van der Waals surface area contributed by atoms with E-state index in [9.17, 15) is 0 Å². The summed E-state index contributed by atoms with van der Waals surface area (Å²) in [6.45, 7) is 2.40. The van der Waals surface area contributed by atoms with Gasteiger partial charge in [0.2, 0.25) is 0 Å². The molecule has 2 aromatic carbocycles. The van der Waals surface area contributed by atoms with Crippen LogP contribution in [0.3, 0.4) is 0 Å². The molecule has 0 atom stereocenters. The molecule has 1 N–H and O–H groups in total. The van der Waals surface area contributed by atoms with Crippen LogP contribution in [0.5, 0.6) is 5.75 Å². The van der Waals surface area contributed by atoms with Gasteiger partial charge in [0.05, 0.1) is 0 Å². The highest BCUT2D eigenvalue weighted by Crippen LogP contribution is 2.14. The van der Waals surface area contributed by atoms with Gasteiger partial charge < -0.3 is 10.1 Å². The minimum absolute atomic E-state index is 0. The molecule has 0 aliphatic rings. The molecular formula is C19H20ClNOS. The molecular weight excluding hydrogens is 326 g/mol. The molecule has 3 rings (SSSR count). The second-order valence-electron chi connectivity index (χ2n) is 5.10. The number of halogens is 1. The predicted octanol–water partition coefficient (Wildman–Crippen LogP) is 5.04. The molecule has 4 heteroatoms. The monoisotopic (exact) mass is 345 g/mol. The molecule has 0 spiro atoms. The predicted molar refractivity (Wildman–Crippen MR) is 99.3 cm³/mol. The third kappa shape index (κ3) is 5.71. The summed E-state index contributed by atoms with van der Waals surface area (Å²) in [6.07, 6.45) is 0. The number of ether oxygens (including phenoxy) is 1. The summed E-state index contributed by atoms with van der Waals surface area (Å²) in [5.41, 5.74) is 2.45. The van der Waals surface area contributed by atoms with E-state index in [4.69, 9.17) is 4.74 Å². The smallest absolute Gasteiger partial charge is 0.119 e. The van der Waals surface area contributed by atoms with Gasteiger partial charge in [-0.25, -0.2) is 0 Å². The summed E-state index contributed by atoms with van der Waals surface area (Å²) in [5.74, 6) is 0.908. The van der Waals surface area contributed by atoms with E-state index in [2.05, 4.69) is 47.1 Å². The van der Waals surface area contributed by atoms with Crippen molar-refractivity contribution in [1.29, 1.82) is 0 Å². The molecule has 0 aliphatic carbocycles. The van der Waals surface area contributed by atoms with Crippen LogP contribution < -0.4 is 10.1 Å². The Morgan fingerprint density at radius 1 is 0.783 bits per heavy atom. The Labute approximate surface area is 147 Å². The Bertz CT molecular complexity index is 668. The number of hydrogen-bond acceptors (Lipinski definition) is 3. The van der Waals surface area contributed by atoms with Gasteiger partial charge in [-0.15, -0.1) is 23.7 Å². The van der Waals surface area contributed by atoms with Gasteiger partial charge in [-0.1, -0.05) is 48.5 Å². The van der Waals surface area contributed by atoms with E-state index >= 15 is 0 Å². The maximum atomic E-state index is 5.79. The van der Waals surface area contributed by atoms with E-state index in [-0.39, 0.29) is 12.4 Å². The van der Waals surface area contributed by atoms with Gasteiger partial charge in [-0.3, -0.25) is 0 Å². The Kier molecular flexibility index (Phi) is 7.14. The summed E-state index contributed by atoms with van der Waals surface area (Å²) < 4.78 is 5.79. The van der Waals surface area contributed by atoms with Gasteiger partial charge in [0.1, 0.15) is 12.4 Å². The van der Waals surface area contributed by atoms with Gasteiger partial charge >= 0.3 is 0 Å². The van der Waals surface area contributed by atoms with Crippen molar-refractivity contribution in [2.75, 3.05) is 0 Å². The quantitative estimate of drug-likeness (QED) is 0.647. The van der Waals surface area contributed by atoms with Crippen LogP contribution in [0.2, 0.25) is 0 Å². The van der Waals surface area contributed by atoms with Crippen LogP contribution in [0.25, 0.3) is 0 Å². The van der Waals surface area contributed by atoms with Crippen LogP contribution in [-0.2, 0) is 19.7 Å². The summed E-state index contributed by atoms with van der Waals surface area (Å²) >= 11 is 1.78. The van der Waals surface area contributed by atoms with Crippen molar-refractivity contribution >= 4 is 23.7 Å². The molecule has 0 unspecified atom stereocenters. The first-order valence-corrected chi connectivity index (χ1v) is 8.27. The zero-order valence-corrected chi connectivity index (χ0v) is 14.4. The van der Waals surface area contributed by atoms with Crippen molar-refractivity contribution < 1.29 is 4.74 Å². The van der Waals surface area contributed by atoms with Crippen molar-refractivity contribution in [3.05, 3.63) is 88.1 Å². The van der Waals surface area contributed by atoms with Gasteiger partial charge in [-0.2, -0.15) is 0 Å². The molecule has 3 aromatic rings. The van der Waals surface area contributed by atoms with E-state index in [0.29, 0.717) is 6.61 Å². The number of benzene rings is 2. The molecule has 2 nitrogen and oxygen atoms in total. The lowest BCUT2D eigenvalue weighted by molar-refractivity contribution is 0.306. The molecule has 1 heterocycles. The van der Waals surface area contributed by atoms with Crippen LogP contribution in [-0.4, -0.2) is 0 Å². The minimum Gasteiger partial charge on any atom is -0.489 e. The van der Waals surface area contributed by atoms with Crippen LogP contribution >= 0.6 is 23.7 Å². The van der Waals surface area contributed by atoms with Gasteiger partial charge in [0, 0.05) is 18.0 Å². The van der Waals surface area contributed by atoms with Crippen molar-refractivity contribution in [1.82, 2.24) is 5.32 Å². The molecule has 0 radical (unpaired) electrons. The second-order valence-corrected chi connectivity index (χ2v) is 6.13. The Hall–Kier alpha value is -1.81. The molecule has 0 saturated heterocycles. The van der Waals surface area contributed by atoms with Crippen molar-refractivity contribution in [3.8, 4) is 5.75 Å². The molecule has 0 amide bonds. The van der Waals surface area contributed by atoms with E-state index in [1.165, 1.54) is 16.0 Å². The standard InChI is InChI=1S/C19H19NOS.ClH/c1-2-5-17(6-3-1)15-21-18-10-8-16(9-11-18)13-20-14-19-7-4-12-22-19;/h1-12,20H,13-15H2;1H. The first-order chi connectivity index (χ1) is 10.9. The van der Waals surface area contributed by atoms with Gasteiger partial charge in [0.25, 0.3) is 0 Å². The van der Waals surface area contributed by atoms with Crippen molar-refractivity contribution in [2.45, 2.75) is 19.7 Å². The van der Waals surface area contributed by atoms with Crippen LogP contribution in [0.4, 0.5) is 0 Å². The Morgan fingerprint density at radius 2 is 1.57 bits per heavy atom. The first kappa shape index (κ1) is 17.5. The lowest BCUT2D eigenvalue weighted by Crippen LogP contribution is -2.11. The fourth-order valence-electron chi connectivity index (χ4n) is 2.19. The molecule has 23 heavy (non-hydrogen) atoms. The maximum absolute atomic E-state index is 5.79. The third-order valence-corrected chi connectivity index (χ3v) is 4.26. The van der Waals surface area contributed by atoms with Crippen LogP contribution in [0.15, 0.2) is 72.1 Å². The number of thiophene rings is 1. The lowest BCUT2D eigenvalue weighted by Gasteiger charge is -2.08. The van der Waals surface area contributed by atoms with Crippen molar-refractivity contribution in [3.63, 3.8) is 0 Å². The topological polar surface area (TPSA) is 21.3 Å². The fourth-order valence-corrected chi connectivity index (χ4v) is 2.86. The SMILES string of the molecule is Cl.c1ccc(COc2ccc(CNCc3cccs3)cc2)cc1. The molecule has 0 bridgehead atoms. The second kappa shape index (κ2) is 9.36. The summed E-state index contributed by atoms with van der Waals surface area (Å²) in [4.78, 5) is 1.36. The largest absolute Gasteiger partial charge is 0.489 e. The summed E-state index contributed by atoms with van der Waals surface area (Å²) in [6, 6.07) is 22.7. The average molecular weight is 346 g/mol. The molecule has 0 aliphatic heterocycles. The molecule has 1 aromatic heterocycles. The zero-order valence-electron chi connectivity index (χ0n) is 12.8. The highest BCUT2D eigenvalue weighted by Gasteiger charge is 1.98. The zero-order chi connectivity index (χ0) is 15.0. The molecule has 0 fully saturated rings. The summed E-state index contributed by atoms with van der Waals surface area (Å²) in [5, 5.41) is 5.56. The van der Waals surface area contributed by atoms with Gasteiger partial charge in [-0.05, 0) is 34.7 Å². The number of nitrogens with one attached hydrogen (secondary N) is 1.